The molecule has 1 aromatic carbocycles. The van der Waals surface area contributed by atoms with E-state index < -0.39 is 35.2 Å². The number of rotatable bonds is 3. The van der Waals surface area contributed by atoms with Crippen molar-refractivity contribution in [2.24, 2.45) is 11.8 Å². The lowest BCUT2D eigenvalue weighted by atomic mass is 9.87. The van der Waals surface area contributed by atoms with Crippen LogP contribution in [0.3, 0.4) is 0 Å². The number of nitrogens with zero attached hydrogens (tertiary/aromatic N) is 3. The van der Waals surface area contributed by atoms with Gasteiger partial charge in [-0.1, -0.05) is 19.1 Å². The van der Waals surface area contributed by atoms with Gasteiger partial charge < -0.3 is 10.0 Å². The molecule has 0 saturated carbocycles. The molecule has 3 rings (SSSR count). The summed E-state index contributed by atoms with van der Waals surface area (Å²) in [4.78, 5) is 25.3. The molecular weight excluding hydrogens is 375 g/mol. The van der Waals surface area contributed by atoms with E-state index in [1.807, 2.05) is 0 Å². The minimum Gasteiger partial charge on any atom is -0.481 e. The average molecular weight is 395 g/mol. The van der Waals surface area contributed by atoms with Crippen molar-refractivity contribution in [3.05, 3.63) is 47.3 Å². The van der Waals surface area contributed by atoms with Crippen molar-refractivity contribution in [3.8, 4) is 5.69 Å². The molecule has 1 saturated heterocycles. The molecule has 0 radical (unpaired) electrons. The summed E-state index contributed by atoms with van der Waals surface area (Å²) in [6.45, 7) is 3.61. The van der Waals surface area contributed by atoms with Crippen LogP contribution in [0, 0.1) is 18.8 Å². The van der Waals surface area contributed by atoms with Gasteiger partial charge in [0.2, 0.25) is 0 Å². The van der Waals surface area contributed by atoms with Crippen LogP contribution in [0.2, 0.25) is 0 Å². The number of carboxylic acids is 1. The van der Waals surface area contributed by atoms with E-state index in [-0.39, 0.29) is 31.1 Å². The average Bonchev–Trinajstić information content (AvgIpc) is 3.06. The maximum Gasteiger partial charge on any atom is 0.434 e. The van der Waals surface area contributed by atoms with E-state index >= 15 is 0 Å². The van der Waals surface area contributed by atoms with E-state index in [0.29, 0.717) is 0 Å². The molecule has 0 spiro atoms. The van der Waals surface area contributed by atoms with Gasteiger partial charge in [0.05, 0.1) is 23.4 Å². The van der Waals surface area contributed by atoms with Crippen LogP contribution in [0.5, 0.6) is 0 Å². The van der Waals surface area contributed by atoms with Crippen LogP contribution in [0.4, 0.5) is 13.2 Å². The van der Waals surface area contributed by atoms with Gasteiger partial charge >= 0.3 is 12.1 Å². The Morgan fingerprint density at radius 2 is 2.00 bits per heavy atom. The van der Waals surface area contributed by atoms with E-state index in [4.69, 9.17) is 0 Å². The number of carbonyl (C=O) groups is 2. The van der Waals surface area contributed by atoms with Gasteiger partial charge in [0.15, 0.2) is 5.69 Å². The topological polar surface area (TPSA) is 75.4 Å². The number of aromatic nitrogens is 2. The number of halogens is 3. The van der Waals surface area contributed by atoms with Crippen LogP contribution in [0.25, 0.3) is 5.69 Å². The van der Waals surface area contributed by atoms with Crippen LogP contribution in [0.15, 0.2) is 30.5 Å². The molecule has 6 nitrogen and oxygen atoms in total. The van der Waals surface area contributed by atoms with Crippen LogP contribution in [-0.2, 0) is 11.0 Å². The molecule has 0 aliphatic carbocycles. The second kappa shape index (κ2) is 7.29. The summed E-state index contributed by atoms with van der Waals surface area (Å²) < 4.78 is 42.1. The van der Waals surface area contributed by atoms with Gasteiger partial charge in [0, 0.05) is 13.1 Å². The fourth-order valence-corrected chi connectivity index (χ4v) is 3.60. The van der Waals surface area contributed by atoms with Crippen LogP contribution >= 0.6 is 0 Å². The van der Waals surface area contributed by atoms with E-state index in [0.717, 1.165) is 16.4 Å². The van der Waals surface area contributed by atoms with Gasteiger partial charge in [0.25, 0.3) is 5.91 Å². The number of amides is 1. The highest BCUT2D eigenvalue weighted by Gasteiger charge is 2.42. The summed E-state index contributed by atoms with van der Waals surface area (Å²) in [6, 6.07) is 6.41. The number of aliphatic carboxylic acids is 1. The first kappa shape index (κ1) is 19.9. The van der Waals surface area contributed by atoms with Crippen LogP contribution in [-0.4, -0.2) is 44.8 Å². The van der Waals surface area contributed by atoms with Crippen LogP contribution < -0.4 is 0 Å². The van der Waals surface area contributed by atoms with Crippen molar-refractivity contribution in [2.75, 3.05) is 13.1 Å². The summed E-state index contributed by atoms with van der Waals surface area (Å²) in [5.74, 6) is -2.71. The van der Waals surface area contributed by atoms with Crippen molar-refractivity contribution in [1.29, 1.82) is 0 Å². The number of hydrogen-bond acceptors (Lipinski definition) is 3. The highest BCUT2D eigenvalue weighted by Crippen LogP contribution is 2.35. The fraction of sp³-hybridized carbons (Fsp3) is 0.421. The predicted octanol–water partition coefficient (Wildman–Crippen LogP) is 3.38. The number of alkyl halides is 3. The maximum atomic E-state index is 13.8. The number of piperidine rings is 1. The Morgan fingerprint density at radius 1 is 1.29 bits per heavy atom. The number of hydrogen-bond donors (Lipinski definition) is 1. The second-order valence-electron chi connectivity index (χ2n) is 7.12. The number of carbonyl (C=O) groups excluding carboxylic acids is 1. The molecule has 1 N–H and O–H groups in total. The van der Waals surface area contributed by atoms with Crippen molar-refractivity contribution in [2.45, 2.75) is 26.4 Å². The van der Waals surface area contributed by atoms with Gasteiger partial charge in [0.1, 0.15) is 0 Å². The molecule has 1 amide bonds. The Morgan fingerprint density at radius 3 is 2.57 bits per heavy atom. The zero-order valence-electron chi connectivity index (χ0n) is 15.4. The predicted molar refractivity (Wildman–Crippen MR) is 94.1 cm³/mol. The van der Waals surface area contributed by atoms with Gasteiger partial charge in [-0.05, 0) is 37.0 Å². The highest BCUT2D eigenvalue weighted by atomic mass is 19.4. The fourth-order valence-electron chi connectivity index (χ4n) is 3.60. The first-order valence-electron chi connectivity index (χ1n) is 8.84. The first-order chi connectivity index (χ1) is 13.1. The van der Waals surface area contributed by atoms with Gasteiger partial charge in [-0.15, -0.1) is 0 Å². The number of aryl methyl sites for hydroxylation is 1. The minimum atomic E-state index is -4.78. The number of benzene rings is 1. The number of likely N-dealkylation sites (tertiary alicyclic amines) is 1. The zero-order chi connectivity index (χ0) is 20.6. The molecule has 2 heterocycles. The Hall–Kier alpha value is -2.84. The summed E-state index contributed by atoms with van der Waals surface area (Å²) >= 11 is 0. The molecular formula is C19H20F3N3O3. The van der Waals surface area contributed by atoms with Crippen molar-refractivity contribution < 1.29 is 27.9 Å². The molecule has 9 heteroatoms. The molecule has 2 aromatic rings. The quantitative estimate of drug-likeness (QED) is 0.865. The first-order valence-corrected chi connectivity index (χ1v) is 8.84. The lowest BCUT2D eigenvalue weighted by Gasteiger charge is -2.35. The lowest BCUT2D eigenvalue weighted by molar-refractivity contribution is -0.145. The van der Waals surface area contributed by atoms with E-state index in [9.17, 15) is 27.9 Å². The molecule has 1 aliphatic heterocycles. The van der Waals surface area contributed by atoms with E-state index in [1.54, 1.807) is 32.0 Å². The zero-order valence-corrected chi connectivity index (χ0v) is 15.4. The normalized spacial score (nSPS) is 20.2. The van der Waals surface area contributed by atoms with Gasteiger partial charge in [-0.25, -0.2) is 4.68 Å². The Labute approximate surface area is 159 Å². The highest BCUT2D eigenvalue weighted by molar-refractivity contribution is 5.95. The minimum absolute atomic E-state index is 0.0860. The maximum absolute atomic E-state index is 13.8. The molecule has 0 bridgehead atoms. The third kappa shape index (κ3) is 3.74. The van der Waals surface area contributed by atoms with Crippen LogP contribution in [0.1, 0.15) is 35.0 Å². The van der Waals surface area contributed by atoms with Crippen molar-refractivity contribution in [1.82, 2.24) is 14.7 Å². The van der Waals surface area contributed by atoms with Crippen molar-refractivity contribution in [3.63, 3.8) is 0 Å². The van der Waals surface area contributed by atoms with Gasteiger partial charge in [-0.2, -0.15) is 18.3 Å². The third-order valence-electron chi connectivity index (χ3n) is 5.02. The summed E-state index contributed by atoms with van der Waals surface area (Å²) in [5, 5.41) is 13.0. The molecule has 1 aromatic heterocycles. The molecule has 1 aliphatic rings. The molecule has 2 unspecified atom stereocenters. The summed E-state index contributed by atoms with van der Waals surface area (Å²) in [6.07, 6.45) is -3.65. The summed E-state index contributed by atoms with van der Waals surface area (Å²) in [7, 11) is 0. The van der Waals surface area contributed by atoms with Crippen molar-refractivity contribution >= 4 is 11.9 Å². The van der Waals surface area contributed by atoms with E-state index in [2.05, 4.69) is 5.10 Å². The molecule has 2 atom stereocenters. The third-order valence-corrected chi connectivity index (χ3v) is 5.02. The molecule has 150 valence electrons. The monoisotopic (exact) mass is 395 g/mol. The Balaban J connectivity index is 1.96. The summed E-state index contributed by atoms with van der Waals surface area (Å²) in [5.41, 5.74) is -0.686. The second-order valence-corrected chi connectivity index (χ2v) is 7.12. The van der Waals surface area contributed by atoms with Gasteiger partial charge in [-0.3, -0.25) is 9.59 Å². The Kier molecular flexibility index (Phi) is 5.18. The molecule has 28 heavy (non-hydrogen) atoms. The standard InChI is InChI=1S/C19H20F3N3O3/c1-11-4-3-5-13(8-11)25-16(19(20,21)22)15(9-23-25)17(26)24-7-6-14(18(27)28)12(2)10-24/h3-5,8-9,12,14H,6-7,10H2,1-2H3,(H,27,28). The Bertz CT molecular complexity index is 907. The molecule has 1 fully saturated rings. The lowest BCUT2D eigenvalue weighted by Crippen LogP contribution is -2.45. The SMILES string of the molecule is Cc1cccc(-n2ncc(C(=O)N3CCC(C(=O)O)C(C)C3)c2C(F)(F)F)c1. The smallest absolute Gasteiger partial charge is 0.434 e. The van der Waals surface area contributed by atoms with E-state index in [1.165, 1.54) is 11.0 Å². The largest absolute Gasteiger partial charge is 0.481 e. The number of carboxylic acid groups (broad SMARTS) is 1.